The minimum absolute atomic E-state index is 0. The van der Waals surface area contributed by atoms with Crippen LogP contribution in [-0.4, -0.2) is 45.6 Å². The smallest absolute Gasteiger partial charge is 0.269 e. The first-order valence-corrected chi connectivity index (χ1v) is 14.3. The monoisotopic (exact) mass is 521 g/mol. The number of aryl methyl sites for hydroxylation is 1. The fourth-order valence-corrected chi connectivity index (χ4v) is 6.73. The maximum Gasteiger partial charge on any atom is 0.269 e. The van der Waals surface area contributed by atoms with Crippen molar-refractivity contribution in [1.82, 2.24) is 31.0 Å². The second-order valence-electron chi connectivity index (χ2n) is 11.2. The molecule has 0 spiro atoms. The molecule has 2 saturated carbocycles. The van der Waals surface area contributed by atoms with Gasteiger partial charge in [0, 0.05) is 34.2 Å². The maximum atomic E-state index is 11.9. The summed E-state index contributed by atoms with van der Waals surface area (Å²) in [6, 6.07) is 4.15. The highest BCUT2D eigenvalue weighted by Gasteiger charge is 2.37. The molecule has 0 radical (unpaired) electrons. The van der Waals surface area contributed by atoms with Crippen LogP contribution in [0.5, 0.6) is 0 Å². The number of hydrogen-bond donors (Lipinski definition) is 2. The number of carbonyl (C=O) groups is 1. The SMILES string of the molecule is CC.CNC(=O)c1ccnc(CC2CCC(Cc3cc(N4CC5CC(C5)C4)cn4ncc(C)c34)CC2)n1.N.[HH]. The fraction of sp³-hybridized carbons (Fsp3) is 0.600. The van der Waals surface area contributed by atoms with Gasteiger partial charge in [0.2, 0.25) is 0 Å². The number of nitrogens with one attached hydrogen (secondary N) is 1. The van der Waals surface area contributed by atoms with Crippen LogP contribution in [0.15, 0.2) is 30.7 Å². The van der Waals surface area contributed by atoms with E-state index in [9.17, 15) is 4.79 Å². The number of pyridine rings is 1. The molecular weight excluding hydrogens is 474 g/mol. The van der Waals surface area contributed by atoms with Gasteiger partial charge in [-0.25, -0.2) is 14.5 Å². The average Bonchev–Trinajstić information content (AvgIpc) is 3.31. The van der Waals surface area contributed by atoms with E-state index in [0.717, 1.165) is 30.5 Å². The fourth-order valence-electron chi connectivity index (χ4n) is 6.73. The van der Waals surface area contributed by atoms with E-state index in [0.29, 0.717) is 17.5 Å². The van der Waals surface area contributed by atoms with Crippen LogP contribution in [0.3, 0.4) is 0 Å². The van der Waals surface area contributed by atoms with Crippen molar-refractivity contribution in [3.05, 3.63) is 53.4 Å². The summed E-state index contributed by atoms with van der Waals surface area (Å²) >= 11 is 0. The van der Waals surface area contributed by atoms with E-state index < -0.39 is 0 Å². The zero-order valence-corrected chi connectivity index (χ0v) is 23.6. The highest BCUT2D eigenvalue weighted by molar-refractivity contribution is 5.91. The maximum absolute atomic E-state index is 11.9. The van der Waals surface area contributed by atoms with Crippen molar-refractivity contribution < 1.29 is 6.22 Å². The Balaban J connectivity index is 0.00000103. The second-order valence-corrected chi connectivity index (χ2v) is 11.2. The molecule has 4 N–H and O–H groups in total. The van der Waals surface area contributed by atoms with Gasteiger partial charge in [-0.1, -0.05) is 13.8 Å². The van der Waals surface area contributed by atoms with E-state index in [-0.39, 0.29) is 13.5 Å². The Morgan fingerprint density at radius 3 is 2.39 bits per heavy atom. The first kappa shape index (κ1) is 28.0. The Hall–Kier alpha value is -3.00. The molecule has 38 heavy (non-hydrogen) atoms. The van der Waals surface area contributed by atoms with Gasteiger partial charge in [-0.2, -0.15) is 5.10 Å². The second kappa shape index (κ2) is 12.2. The number of piperidine rings is 2. The quantitative estimate of drug-likeness (QED) is 0.433. The largest absolute Gasteiger partial charge is 0.370 e. The van der Waals surface area contributed by atoms with Gasteiger partial charge < -0.3 is 16.4 Å². The molecule has 8 nitrogen and oxygen atoms in total. The molecule has 2 bridgehead atoms. The Labute approximate surface area is 228 Å². The summed E-state index contributed by atoms with van der Waals surface area (Å²) in [5, 5.41) is 7.34. The van der Waals surface area contributed by atoms with Crippen molar-refractivity contribution >= 4 is 17.1 Å². The highest BCUT2D eigenvalue weighted by atomic mass is 16.1. The van der Waals surface area contributed by atoms with Gasteiger partial charge in [0.15, 0.2) is 0 Å². The van der Waals surface area contributed by atoms with Crippen molar-refractivity contribution in [3.63, 3.8) is 0 Å². The number of aromatic nitrogens is 4. The zero-order valence-electron chi connectivity index (χ0n) is 23.6. The number of hydrogen-bond acceptors (Lipinski definition) is 6. The van der Waals surface area contributed by atoms with Gasteiger partial charge in [0.1, 0.15) is 11.5 Å². The predicted molar refractivity (Wildman–Crippen MR) is 155 cm³/mol. The van der Waals surface area contributed by atoms with Crippen LogP contribution in [-0.2, 0) is 12.8 Å². The molecule has 1 amide bonds. The predicted octanol–water partition coefficient (Wildman–Crippen LogP) is 5.66. The van der Waals surface area contributed by atoms with Gasteiger partial charge in [0.05, 0.1) is 23.6 Å². The van der Waals surface area contributed by atoms with Crippen LogP contribution >= 0.6 is 0 Å². The average molecular weight is 522 g/mol. The van der Waals surface area contributed by atoms with Gasteiger partial charge in [-0.15, -0.1) is 0 Å². The number of rotatable bonds is 6. The van der Waals surface area contributed by atoms with Crippen LogP contribution in [0.25, 0.3) is 5.52 Å². The first-order valence-electron chi connectivity index (χ1n) is 14.3. The van der Waals surface area contributed by atoms with Crippen LogP contribution in [0, 0.1) is 30.6 Å². The Morgan fingerprint density at radius 1 is 1.08 bits per heavy atom. The van der Waals surface area contributed by atoms with E-state index in [2.05, 4.69) is 49.0 Å². The zero-order chi connectivity index (χ0) is 25.9. The summed E-state index contributed by atoms with van der Waals surface area (Å²) in [6.07, 6.45) is 15.7. The van der Waals surface area contributed by atoms with E-state index >= 15 is 0 Å². The molecule has 8 heteroatoms. The summed E-state index contributed by atoms with van der Waals surface area (Å²) in [7, 11) is 1.63. The van der Waals surface area contributed by atoms with Crippen molar-refractivity contribution in [2.75, 3.05) is 25.0 Å². The van der Waals surface area contributed by atoms with Crippen molar-refractivity contribution in [2.45, 2.75) is 72.1 Å². The Kier molecular flexibility index (Phi) is 9.03. The van der Waals surface area contributed by atoms with Gasteiger partial charge >= 0.3 is 0 Å². The number of fused-ring (bicyclic) bond motifs is 3. The van der Waals surface area contributed by atoms with Crippen LogP contribution in [0.1, 0.15) is 81.2 Å². The van der Waals surface area contributed by atoms with Crippen LogP contribution in [0.2, 0.25) is 0 Å². The molecule has 4 fully saturated rings. The van der Waals surface area contributed by atoms with E-state index in [1.165, 1.54) is 73.9 Å². The number of amides is 1. The minimum atomic E-state index is -0.150. The summed E-state index contributed by atoms with van der Waals surface area (Å²) in [4.78, 5) is 23.4. The third-order valence-corrected chi connectivity index (χ3v) is 8.63. The third kappa shape index (κ3) is 5.85. The molecule has 0 unspecified atom stereocenters. The topological polar surface area (TPSA) is 110 Å². The molecule has 2 aliphatic carbocycles. The van der Waals surface area contributed by atoms with Crippen molar-refractivity contribution in [1.29, 1.82) is 0 Å². The Morgan fingerprint density at radius 2 is 1.74 bits per heavy atom. The lowest BCUT2D eigenvalue weighted by Gasteiger charge is -2.48. The van der Waals surface area contributed by atoms with E-state index in [1.54, 1.807) is 19.3 Å². The van der Waals surface area contributed by atoms with E-state index in [1.807, 2.05) is 20.0 Å². The molecule has 5 heterocycles. The minimum Gasteiger partial charge on any atom is -0.370 e. The van der Waals surface area contributed by atoms with Crippen molar-refractivity contribution in [3.8, 4) is 0 Å². The first-order chi connectivity index (χ1) is 18.1. The number of anilines is 1. The summed E-state index contributed by atoms with van der Waals surface area (Å²) in [6.45, 7) is 8.59. The molecule has 208 valence electrons. The molecule has 0 atom stereocenters. The normalized spacial score (nSPS) is 24.1. The summed E-state index contributed by atoms with van der Waals surface area (Å²) in [5.41, 5.74) is 5.85. The van der Waals surface area contributed by atoms with Crippen LogP contribution in [0.4, 0.5) is 5.69 Å². The molecule has 3 aromatic heterocycles. The van der Waals surface area contributed by atoms with Gasteiger partial charge in [-0.05, 0) is 98.8 Å². The molecule has 4 aliphatic rings. The third-order valence-electron chi connectivity index (χ3n) is 8.63. The highest BCUT2D eigenvalue weighted by Crippen LogP contribution is 2.42. The molecule has 2 saturated heterocycles. The van der Waals surface area contributed by atoms with Crippen LogP contribution < -0.4 is 16.4 Å². The molecule has 7 rings (SSSR count). The van der Waals surface area contributed by atoms with E-state index in [4.69, 9.17) is 0 Å². The lowest BCUT2D eigenvalue weighted by atomic mass is 9.71. The molecule has 2 aliphatic heterocycles. The van der Waals surface area contributed by atoms with Crippen molar-refractivity contribution in [2.24, 2.45) is 23.7 Å². The number of nitrogens with zero attached hydrogens (tertiary/aromatic N) is 5. The lowest BCUT2D eigenvalue weighted by molar-refractivity contribution is 0.0957. The lowest BCUT2D eigenvalue weighted by Crippen LogP contribution is -2.48. The standard InChI is InChI=1S/C28H36N6O.C2H6.H3N.H2/c1-18-14-31-34-17-24(33-15-21-9-22(10-21)16-33)13-23(27(18)34)11-19-3-5-20(6-4-19)12-26-30-8-7-25(32-26)28(35)29-2;1-2;;/h7-8,13-14,17,19-22H,3-6,9-12,15-16H2,1-2H3,(H,29,35);1-2H3;1H3;1H. The van der Waals surface area contributed by atoms with Gasteiger partial charge in [0.25, 0.3) is 5.91 Å². The van der Waals surface area contributed by atoms with Gasteiger partial charge in [-0.3, -0.25) is 4.79 Å². The Bertz CT molecular complexity index is 1220. The summed E-state index contributed by atoms with van der Waals surface area (Å²) in [5.74, 6) is 3.72. The molecule has 0 aromatic carbocycles. The molecule has 3 aromatic rings. The summed E-state index contributed by atoms with van der Waals surface area (Å²) < 4.78 is 2.13. The molecular formula is C30H47N7O. The number of carbonyl (C=O) groups excluding carboxylic acids is 1.